The van der Waals surface area contributed by atoms with Crippen LogP contribution in [-0.4, -0.2) is 26.4 Å². The Bertz CT molecular complexity index is 1210. The molecule has 0 aromatic heterocycles. The second-order valence-electron chi connectivity index (χ2n) is 8.17. The van der Waals surface area contributed by atoms with Gasteiger partial charge in [-0.05, 0) is 70.7 Å². The minimum absolute atomic E-state index is 0.787. The molecule has 0 amide bonds. The van der Waals surface area contributed by atoms with Crippen LogP contribution in [0.5, 0.6) is 0 Å². The molecular formula is C33H36N2. The van der Waals surface area contributed by atoms with E-state index in [2.05, 4.69) is 146 Å². The molecule has 4 rings (SSSR count). The second kappa shape index (κ2) is 13.1. The molecule has 0 spiro atoms. The van der Waals surface area contributed by atoms with Crippen LogP contribution in [0.1, 0.15) is 37.5 Å². The van der Waals surface area contributed by atoms with E-state index in [0.29, 0.717) is 0 Å². The van der Waals surface area contributed by atoms with Crippen molar-refractivity contribution in [3.8, 4) is 0 Å². The molecule has 0 atom stereocenters. The largest absolute Gasteiger partial charge is 0.378 e. The standard InChI is InChI=1S/C31H30N2.C2H6/c1-4-32-28-19-15-26(16-20-28)30(24-11-7-5-8-12-24)23-31(25-13-9-6-10-14-25)27-17-21-29(22-18-27)33(2)3;1-2/h5-23H,4H2,1-3H3;1-2H3. The van der Waals surface area contributed by atoms with Crippen molar-refractivity contribution in [1.29, 1.82) is 0 Å². The van der Waals surface area contributed by atoms with Gasteiger partial charge in [-0.2, -0.15) is 0 Å². The van der Waals surface area contributed by atoms with Crippen molar-refractivity contribution in [2.75, 3.05) is 25.5 Å². The molecule has 0 fully saturated rings. The van der Waals surface area contributed by atoms with E-state index in [-0.39, 0.29) is 0 Å². The third-order valence-electron chi connectivity index (χ3n) is 5.67. The highest BCUT2D eigenvalue weighted by molar-refractivity contribution is 6.07. The first-order valence-electron chi connectivity index (χ1n) is 12.4. The van der Waals surface area contributed by atoms with Crippen LogP contribution in [0.4, 0.5) is 5.69 Å². The lowest BCUT2D eigenvalue weighted by Gasteiger charge is -2.16. The lowest BCUT2D eigenvalue weighted by atomic mass is 9.90. The van der Waals surface area contributed by atoms with Crippen LogP contribution in [0.25, 0.3) is 11.1 Å². The lowest BCUT2D eigenvalue weighted by molar-refractivity contribution is 1.13. The molecule has 1 aliphatic rings. The molecule has 0 radical (unpaired) electrons. The highest BCUT2D eigenvalue weighted by Gasteiger charge is 2.11. The van der Waals surface area contributed by atoms with Gasteiger partial charge >= 0.3 is 0 Å². The van der Waals surface area contributed by atoms with E-state index in [4.69, 9.17) is 0 Å². The van der Waals surface area contributed by atoms with E-state index in [1.54, 1.807) is 0 Å². The van der Waals surface area contributed by atoms with Gasteiger partial charge in [-0.25, -0.2) is 0 Å². The third kappa shape index (κ3) is 6.80. The maximum Gasteiger partial charge on any atom is 0.0574 e. The van der Waals surface area contributed by atoms with Crippen molar-refractivity contribution in [2.24, 2.45) is 4.99 Å². The molecule has 1 aliphatic carbocycles. The van der Waals surface area contributed by atoms with Crippen LogP contribution < -0.4 is 4.90 Å². The average molecular weight is 461 g/mol. The minimum atomic E-state index is 0.787. The number of allylic oxidation sites excluding steroid dienone is 7. The lowest BCUT2D eigenvalue weighted by Crippen LogP contribution is -2.08. The maximum absolute atomic E-state index is 4.53. The summed E-state index contributed by atoms with van der Waals surface area (Å²) in [5.41, 5.74) is 9.34. The molecule has 3 aromatic carbocycles. The third-order valence-corrected chi connectivity index (χ3v) is 5.67. The van der Waals surface area contributed by atoms with Gasteiger partial charge in [0.05, 0.1) is 5.71 Å². The first kappa shape index (κ1) is 25.7. The molecular weight excluding hydrogens is 424 g/mol. The summed E-state index contributed by atoms with van der Waals surface area (Å²) in [6.45, 7) is 6.85. The Morgan fingerprint density at radius 1 is 0.686 bits per heavy atom. The predicted octanol–water partition coefficient (Wildman–Crippen LogP) is 8.25. The Morgan fingerprint density at radius 2 is 1.20 bits per heavy atom. The quantitative estimate of drug-likeness (QED) is 0.361. The van der Waals surface area contributed by atoms with Crippen LogP contribution >= 0.6 is 0 Å². The highest BCUT2D eigenvalue weighted by atomic mass is 15.1. The topological polar surface area (TPSA) is 15.6 Å². The number of aliphatic imine (C=N–C) groups is 1. The van der Waals surface area contributed by atoms with Gasteiger partial charge in [-0.15, -0.1) is 0 Å². The number of rotatable bonds is 6. The van der Waals surface area contributed by atoms with E-state index < -0.39 is 0 Å². The zero-order valence-corrected chi connectivity index (χ0v) is 21.6. The van der Waals surface area contributed by atoms with Gasteiger partial charge in [0.2, 0.25) is 0 Å². The Kier molecular flexibility index (Phi) is 9.62. The number of nitrogens with zero attached hydrogens (tertiary/aromatic N) is 2. The molecule has 0 N–H and O–H groups in total. The van der Waals surface area contributed by atoms with Crippen LogP contribution in [0.3, 0.4) is 0 Å². The molecule has 0 saturated heterocycles. The molecule has 3 aromatic rings. The van der Waals surface area contributed by atoms with E-state index in [1.807, 2.05) is 13.8 Å². The molecule has 2 heteroatoms. The number of hydrogen-bond acceptors (Lipinski definition) is 2. The van der Waals surface area contributed by atoms with Crippen molar-refractivity contribution in [2.45, 2.75) is 20.8 Å². The first-order valence-corrected chi connectivity index (χ1v) is 12.4. The molecule has 2 nitrogen and oxygen atoms in total. The monoisotopic (exact) mass is 460 g/mol. The van der Waals surface area contributed by atoms with Crippen LogP contribution in [-0.2, 0) is 0 Å². The average Bonchev–Trinajstić information content (AvgIpc) is 2.92. The summed E-state index contributed by atoms with van der Waals surface area (Å²) >= 11 is 0. The maximum atomic E-state index is 4.53. The SMILES string of the molecule is CC.CCN=C1C=CC(=C(C=C(c2ccccc2)c2ccc(N(C)C)cc2)c2ccccc2)C=C1. The molecule has 0 aliphatic heterocycles. The fourth-order valence-electron chi connectivity index (χ4n) is 3.91. The summed E-state index contributed by atoms with van der Waals surface area (Å²) in [6.07, 6.45) is 10.9. The first-order chi connectivity index (χ1) is 17.2. The highest BCUT2D eigenvalue weighted by Crippen LogP contribution is 2.32. The van der Waals surface area contributed by atoms with Crippen LogP contribution in [0, 0.1) is 0 Å². The van der Waals surface area contributed by atoms with Gasteiger partial charge in [0.15, 0.2) is 0 Å². The van der Waals surface area contributed by atoms with Crippen LogP contribution in [0.2, 0.25) is 0 Å². The smallest absolute Gasteiger partial charge is 0.0574 e. The van der Waals surface area contributed by atoms with Crippen molar-refractivity contribution in [1.82, 2.24) is 0 Å². The normalized spacial score (nSPS) is 12.7. The number of anilines is 1. The summed E-state index contributed by atoms with van der Waals surface area (Å²) < 4.78 is 0. The fraction of sp³-hybridized carbons (Fsp3) is 0.182. The van der Waals surface area contributed by atoms with Gasteiger partial charge in [0.1, 0.15) is 0 Å². The summed E-state index contributed by atoms with van der Waals surface area (Å²) in [7, 11) is 4.14. The minimum Gasteiger partial charge on any atom is -0.378 e. The van der Waals surface area contributed by atoms with E-state index >= 15 is 0 Å². The van der Waals surface area contributed by atoms with Gasteiger partial charge in [-0.1, -0.05) is 98.8 Å². The van der Waals surface area contributed by atoms with E-state index in [9.17, 15) is 0 Å². The molecule has 178 valence electrons. The Labute approximate surface area is 211 Å². The summed E-state index contributed by atoms with van der Waals surface area (Å²) in [6, 6.07) is 30.0. The molecule has 0 bridgehead atoms. The molecule has 0 heterocycles. The summed E-state index contributed by atoms with van der Waals surface area (Å²) in [5.74, 6) is 0. The Balaban J connectivity index is 0.00000167. The van der Waals surface area contributed by atoms with E-state index in [1.165, 1.54) is 39.1 Å². The van der Waals surface area contributed by atoms with Gasteiger partial charge in [0, 0.05) is 26.3 Å². The van der Waals surface area contributed by atoms with E-state index in [0.717, 1.165) is 12.3 Å². The van der Waals surface area contributed by atoms with Crippen LogP contribution in [0.15, 0.2) is 126 Å². The Hall–Kier alpha value is -3.91. The fourth-order valence-corrected chi connectivity index (χ4v) is 3.91. The van der Waals surface area contributed by atoms with Gasteiger partial charge in [0.25, 0.3) is 0 Å². The molecule has 35 heavy (non-hydrogen) atoms. The zero-order valence-electron chi connectivity index (χ0n) is 21.6. The summed E-state index contributed by atoms with van der Waals surface area (Å²) in [4.78, 5) is 6.65. The number of hydrogen-bond donors (Lipinski definition) is 0. The van der Waals surface area contributed by atoms with Crippen molar-refractivity contribution < 1.29 is 0 Å². The predicted molar refractivity (Wildman–Crippen MR) is 155 cm³/mol. The zero-order chi connectivity index (χ0) is 25.0. The van der Waals surface area contributed by atoms with Gasteiger partial charge < -0.3 is 4.90 Å². The Morgan fingerprint density at radius 3 is 1.71 bits per heavy atom. The van der Waals surface area contributed by atoms with Crippen molar-refractivity contribution >= 4 is 22.5 Å². The second-order valence-corrected chi connectivity index (χ2v) is 8.17. The molecule has 0 unspecified atom stereocenters. The van der Waals surface area contributed by atoms with Gasteiger partial charge in [-0.3, -0.25) is 4.99 Å². The summed E-state index contributed by atoms with van der Waals surface area (Å²) in [5, 5.41) is 0. The van der Waals surface area contributed by atoms with Crippen molar-refractivity contribution in [3.63, 3.8) is 0 Å². The van der Waals surface area contributed by atoms with Crippen molar-refractivity contribution in [3.05, 3.63) is 138 Å². The number of benzene rings is 3. The molecule has 0 saturated carbocycles.